The number of nitrogens with one attached hydrogen (secondary N) is 1. The summed E-state index contributed by atoms with van der Waals surface area (Å²) in [6, 6.07) is 12.2. The molecule has 0 amide bonds. The summed E-state index contributed by atoms with van der Waals surface area (Å²) in [7, 11) is -4.54. The molecule has 2 heterocycles. The van der Waals surface area contributed by atoms with Crippen molar-refractivity contribution >= 4 is 10.0 Å². The van der Waals surface area contributed by atoms with Crippen LogP contribution in [0, 0.1) is 12.7 Å². The zero-order valence-corrected chi connectivity index (χ0v) is 18.2. The van der Waals surface area contributed by atoms with Crippen LogP contribution < -0.4 is 9.88 Å². The summed E-state index contributed by atoms with van der Waals surface area (Å²) in [5, 5.41) is 11.9. The zero-order valence-electron chi connectivity index (χ0n) is 17.4. The Hall–Kier alpha value is -3.77. The normalized spacial score (nSPS) is 12.1. The second kappa shape index (κ2) is 8.54. The van der Waals surface area contributed by atoms with E-state index in [1.807, 2.05) is 19.1 Å². The van der Waals surface area contributed by atoms with E-state index in [0.717, 1.165) is 30.0 Å². The van der Waals surface area contributed by atoms with Gasteiger partial charge in [-0.25, -0.2) is 17.9 Å². The molecule has 0 fully saturated rings. The number of sulfonamides is 1. The number of primary sulfonamides is 1. The van der Waals surface area contributed by atoms with Crippen LogP contribution >= 0.6 is 0 Å². The van der Waals surface area contributed by atoms with Crippen LogP contribution in [0.3, 0.4) is 0 Å². The number of halogens is 4. The van der Waals surface area contributed by atoms with E-state index in [-0.39, 0.29) is 11.1 Å². The van der Waals surface area contributed by atoms with Gasteiger partial charge in [-0.1, -0.05) is 18.2 Å². The molecule has 0 saturated heterocycles. The van der Waals surface area contributed by atoms with Gasteiger partial charge in [0.25, 0.3) is 0 Å². The van der Waals surface area contributed by atoms with Gasteiger partial charge in [0, 0.05) is 16.8 Å². The summed E-state index contributed by atoms with van der Waals surface area (Å²) >= 11 is 0. The van der Waals surface area contributed by atoms with E-state index in [9.17, 15) is 26.0 Å². The fourth-order valence-electron chi connectivity index (χ4n) is 3.41. The minimum absolute atomic E-state index is 0.0512. The highest BCUT2D eigenvalue weighted by molar-refractivity contribution is 7.89. The highest BCUT2D eigenvalue weighted by atomic mass is 32.2. The first-order chi connectivity index (χ1) is 15.9. The van der Waals surface area contributed by atoms with Crippen LogP contribution in [0.2, 0.25) is 0 Å². The van der Waals surface area contributed by atoms with E-state index >= 15 is 0 Å². The molecule has 0 radical (unpaired) electrons. The Balaban J connectivity index is 1.83. The largest absolute Gasteiger partial charge is 0.573 e. The molecule has 0 unspecified atom stereocenters. The number of H-pyrrole nitrogens is 1. The van der Waals surface area contributed by atoms with E-state index < -0.39 is 32.8 Å². The molecule has 4 aromatic rings. The quantitative estimate of drug-likeness (QED) is 0.389. The molecule has 0 saturated carbocycles. The lowest BCUT2D eigenvalue weighted by molar-refractivity contribution is -0.275. The van der Waals surface area contributed by atoms with Crippen LogP contribution in [0.5, 0.6) is 5.75 Å². The first-order valence-corrected chi connectivity index (χ1v) is 11.2. The number of ether oxygens (including phenoxy) is 1. The van der Waals surface area contributed by atoms with Crippen LogP contribution in [-0.2, 0) is 10.0 Å². The van der Waals surface area contributed by atoms with Crippen molar-refractivity contribution in [3.05, 3.63) is 72.3 Å². The number of hydrogen-bond acceptors (Lipinski definition) is 5. The number of nitrogens with two attached hydrogens (primary N) is 1. The summed E-state index contributed by atoms with van der Waals surface area (Å²) in [5.41, 5.74) is 2.86. The summed E-state index contributed by atoms with van der Waals surface area (Å²) in [6.45, 7) is 1.82. The molecule has 0 aliphatic carbocycles. The van der Waals surface area contributed by atoms with Crippen molar-refractivity contribution in [2.75, 3.05) is 0 Å². The van der Waals surface area contributed by atoms with Gasteiger partial charge in [-0.15, -0.1) is 13.2 Å². The molecule has 3 N–H and O–H groups in total. The monoisotopic (exact) mass is 492 g/mol. The van der Waals surface area contributed by atoms with Crippen molar-refractivity contribution in [3.8, 4) is 39.4 Å². The second-order valence-electron chi connectivity index (χ2n) is 7.27. The smallest absolute Gasteiger partial charge is 0.404 e. The maximum atomic E-state index is 14.7. The Labute approximate surface area is 191 Å². The fourth-order valence-corrected chi connectivity index (χ4v) is 4.05. The van der Waals surface area contributed by atoms with Crippen LogP contribution in [0.1, 0.15) is 5.69 Å². The number of pyridine rings is 1. The number of aryl methyl sites for hydroxylation is 1. The first kappa shape index (κ1) is 23.4. The molecule has 0 bridgehead atoms. The highest BCUT2D eigenvalue weighted by Gasteiger charge is 2.34. The molecule has 2 aromatic carbocycles. The fraction of sp³-hybridized carbons (Fsp3) is 0.0909. The van der Waals surface area contributed by atoms with Crippen molar-refractivity contribution in [2.45, 2.75) is 18.2 Å². The van der Waals surface area contributed by atoms with Crippen molar-refractivity contribution in [1.82, 2.24) is 15.2 Å². The van der Waals surface area contributed by atoms with E-state index in [4.69, 9.17) is 5.14 Å². The topological polar surface area (TPSA) is 111 Å². The molecule has 7 nitrogen and oxygen atoms in total. The molecule has 0 aliphatic rings. The van der Waals surface area contributed by atoms with Gasteiger partial charge in [-0.3, -0.25) is 10.1 Å². The second-order valence-corrected chi connectivity index (χ2v) is 8.80. The minimum atomic E-state index is -5.19. The van der Waals surface area contributed by atoms with Gasteiger partial charge >= 0.3 is 6.36 Å². The third kappa shape index (κ3) is 4.92. The minimum Gasteiger partial charge on any atom is -0.404 e. The Kier molecular flexibility index (Phi) is 5.87. The van der Waals surface area contributed by atoms with Gasteiger partial charge in [0.15, 0.2) is 0 Å². The Bertz CT molecular complexity index is 1480. The Morgan fingerprint density at radius 1 is 1.00 bits per heavy atom. The molecular weight excluding hydrogens is 476 g/mol. The molecule has 0 aliphatic heterocycles. The average molecular weight is 492 g/mol. The third-order valence-electron chi connectivity index (χ3n) is 4.85. The molecule has 34 heavy (non-hydrogen) atoms. The number of aromatic amines is 1. The molecule has 12 heteroatoms. The predicted molar refractivity (Wildman–Crippen MR) is 115 cm³/mol. The SMILES string of the molecule is Cc1cccc(-c2[nH]ncc2-c2ccc(F)c(-c3ccc(S(N)(=O)=O)c(OC(F)(F)F)c3)c2)n1. The number of aromatic nitrogens is 3. The molecule has 2 aromatic heterocycles. The Morgan fingerprint density at radius 3 is 2.38 bits per heavy atom. The lowest BCUT2D eigenvalue weighted by Crippen LogP contribution is -2.21. The number of alkyl halides is 3. The molecule has 0 atom stereocenters. The van der Waals surface area contributed by atoms with Crippen molar-refractivity contribution < 1.29 is 30.7 Å². The van der Waals surface area contributed by atoms with Gasteiger partial charge in [0.1, 0.15) is 16.5 Å². The molecule has 176 valence electrons. The number of benzene rings is 2. The summed E-state index contributed by atoms with van der Waals surface area (Å²) in [5.74, 6) is -1.81. The van der Waals surface area contributed by atoms with Gasteiger partial charge in [-0.05, 0) is 54.4 Å². The van der Waals surface area contributed by atoms with Crippen LogP contribution in [-0.4, -0.2) is 30.0 Å². The van der Waals surface area contributed by atoms with Crippen LogP contribution in [0.4, 0.5) is 17.6 Å². The predicted octanol–water partition coefficient (Wildman–Crippen LogP) is 4.80. The van der Waals surface area contributed by atoms with Gasteiger partial charge in [0.05, 0.1) is 17.6 Å². The standard InChI is InChI=1S/C22H16F4N4O3S/c1-12-3-2-4-18(29-12)21-16(11-28-30-21)13-5-7-17(23)15(9-13)14-6-8-20(34(27,31)32)19(10-14)33-22(24,25)26/h2-11H,1H3,(H,28,30)(H2,27,31,32). The van der Waals surface area contributed by atoms with Gasteiger partial charge < -0.3 is 4.74 Å². The first-order valence-electron chi connectivity index (χ1n) is 9.63. The lowest BCUT2D eigenvalue weighted by Gasteiger charge is -2.14. The van der Waals surface area contributed by atoms with Crippen molar-refractivity contribution in [3.63, 3.8) is 0 Å². The van der Waals surface area contributed by atoms with Crippen molar-refractivity contribution in [2.24, 2.45) is 5.14 Å². The summed E-state index contributed by atoms with van der Waals surface area (Å²) in [6.07, 6.45) is -3.68. The number of hydrogen-bond donors (Lipinski definition) is 2. The molecule has 4 rings (SSSR count). The third-order valence-corrected chi connectivity index (χ3v) is 5.80. The Morgan fingerprint density at radius 2 is 1.71 bits per heavy atom. The van der Waals surface area contributed by atoms with Crippen LogP contribution in [0.15, 0.2) is 65.7 Å². The maximum Gasteiger partial charge on any atom is 0.573 e. The molecule has 0 spiro atoms. The van der Waals surface area contributed by atoms with Crippen LogP contribution in [0.25, 0.3) is 33.6 Å². The van der Waals surface area contributed by atoms with Gasteiger partial charge in [-0.2, -0.15) is 5.10 Å². The lowest BCUT2D eigenvalue weighted by atomic mass is 9.98. The summed E-state index contributed by atoms with van der Waals surface area (Å²) in [4.78, 5) is 3.56. The number of nitrogens with zero attached hydrogens (tertiary/aromatic N) is 2. The van der Waals surface area contributed by atoms with E-state index in [2.05, 4.69) is 19.9 Å². The average Bonchev–Trinajstić information content (AvgIpc) is 3.22. The van der Waals surface area contributed by atoms with Crippen molar-refractivity contribution in [1.29, 1.82) is 0 Å². The number of rotatable bonds is 5. The van der Waals surface area contributed by atoms with Gasteiger partial charge in [0.2, 0.25) is 10.0 Å². The highest BCUT2D eigenvalue weighted by Crippen LogP contribution is 2.37. The summed E-state index contributed by atoms with van der Waals surface area (Å²) < 4.78 is 80.6. The zero-order chi connectivity index (χ0) is 24.7. The molecular formula is C22H16F4N4O3S. The van der Waals surface area contributed by atoms with E-state index in [0.29, 0.717) is 22.5 Å². The van der Waals surface area contributed by atoms with E-state index in [1.54, 1.807) is 6.07 Å². The maximum absolute atomic E-state index is 14.7. The van der Waals surface area contributed by atoms with E-state index in [1.165, 1.54) is 18.3 Å².